The molecule has 0 saturated carbocycles. The van der Waals surface area contributed by atoms with Crippen LogP contribution in [0.15, 0.2) is 0 Å². The van der Waals surface area contributed by atoms with Crippen LogP contribution in [-0.2, 0) is 14.4 Å². The molecular formula is C12H21N3O4. The first kappa shape index (κ1) is 15.4. The molecule has 2 amide bonds. The van der Waals surface area contributed by atoms with Crippen molar-refractivity contribution in [3.8, 4) is 0 Å². The summed E-state index contributed by atoms with van der Waals surface area (Å²) in [5, 5.41) is 14.5. The Balaban J connectivity index is 2.58. The molecule has 108 valence electrons. The minimum atomic E-state index is -1.08. The van der Waals surface area contributed by atoms with Crippen molar-refractivity contribution in [1.29, 1.82) is 0 Å². The maximum Gasteiger partial charge on any atom is 0.305 e. The third-order valence-corrected chi connectivity index (χ3v) is 2.91. The molecule has 1 fully saturated rings. The second-order valence-corrected chi connectivity index (χ2v) is 4.85. The molecule has 0 aromatic heterocycles. The van der Waals surface area contributed by atoms with Gasteiger partial charge in [0.25, 0.3) is 0 Å². The van der Waals surface area contributed by atoms with E-state index in [1.165, 1.54) is 4.90 Å². The summed E-state index contributed by atoms with van der Waals surface area (Å²) in [7, 11) is 0. The molecule has 0 radical (unpaired) electrons. The van der Waals surface area contributed by atoms with Crippen LogP contribution in [-0.4, -0.2) is 59.5 Å². The van der Waals surface area contributed by atoms with Crippen LogP contribution in [0.25, 0.3) is 0 Å². The van der Waals surface area contributed by atoms with Crippen molar-refractivity contribution >= 4 is 17.8 Å². The Bertz CT molecular complexity index is 357. The zero-order chi connectivity index (χ0) is 14.4. The van der Waals surface area contributed by atoms with Gasteiger partial charge in [-0.2, -0.15) is 0 Å². The quantitative estimate of drug-likeness (QED) is 0.586. The SMILES string of the molecule is CC(C)NCCC(=O)N1CCNC(=O)C1CC(=O)O. The number of aliphatic carboxylic acids is 1. The van der Waals surface area contributed by atoms with Gasteiger partial charge in [0, 0.05) is 32.1 Å². The van der Waals surface area contributed by atoms with E-state index in [-0.39, 0.29) is 30.7 Å². The highest BCUT2D eigenvalue weighted by molar-refractivity contribution is 5.91. The van der Waals surface area contributed by atoms with Crippen LogP contribution in [0, 0.1) is 0 Å². The number of piperazine rings is 1. The number of carboxylic acid groups (broad SMARTS) is 1. The molecule has 7 nitrogen and oxygen atoms in total. The van der Waals surface area contributed by atoms with Gasteiger partial charge >= 0.3 is 5.97 Å². The predicted octanol–water partition coefficient (Wildman–Crippen LogP) is -0.824. The molecule has 1 heterocycles. The molecule has 1 saturated heterocycles. The van der Waals surface area contributed by atoms with Gasteiger partial charge in [0.15, 0.2) is 0 Å². The van der Waals surface area contributed by atoms with Gasteiger partial charge < -0.3 is 20.6 Å². The van der Waals surface area contributed by atoms with E-state index < -0.39 is 12.0 Å². The minimum absolute atomic E-state index is 0.186. The Morgan fingerprint density at radius 1 is 1.53 bits per heavy atom. The lowest BCUT2D eigenvalue weighted by Crippen LogP contribution is -2.58. The molecule has 19 heavy (non-hydrogen) atoms. The number of rotatable bonds is 6. The maximum absolute atomic E-state index is 12.0. The van der Waals surface area contributed by atoms with Crippen molar-refractivity contribution in [2.75, 3.05) is 19.6 Å². The highest BCUT2D eigenvalue weighted by atomic mass is 16.4. The first-order chi connectivity index (χ1) is 8.91. The van der Waals surface area contributed by atoms with E-state index in [4.69, 9.17) is 5.11 Å². The van der Waals surface area contributed by atoms with Gasteiger partial charge in [0.2, 0.25) is 11.8 Å². The van der Waals surface area contributed by atoms with E-state index in [1.54, 1.807) is 0 Å². The van der Waals surface area contributed by atoms with Gasteiger partial charge in [-0.3, -0.25) is 14.4 Å². The van der Waals surface area contributed by atoms with Gasteiger partial charge in [-0.15, -0.1) is 0 Å². The van der Waals surface area contributed by atoms with Crippen molar-refractivity contribution in [1.82, 2.24) is 15.5 Å². The third kappa shape index (κ3) is 4.86. The molecule has 0 bridgehead atoms. The van der Waals surface area contributed by atoms with Crippen molar-refractivity contribution in [3.63, 3.8) is 0 Å². The van der Waals surface area contributed by atoms with Gasteiger partial charge in [-0.1, -0.05) is 13.8 Å². The average molecular weight is 271 g/mol. The Morgan fingerprint density at radius 3 is 2.79 bits per heavy atom. The molecule has 1 aliphatic rings. The first-order valence-corrected chi connectivity index (χ1v) is 6.44. The van der Waals surface area contributed by atoms with Crippen molar-refractivity contribution in [2.45, 2.75) is 38.8 Å². The molecule has 0 spiro atoms. The van der Waals surface area contributed by atoms with Crippen LogP contribution >= 0.6 is 0 Å². The largest absolute Gasteiger partial charge is 0.481 e. The summed E-state index contributed by atoms with van der Waals surface area (Å²) >= 11 is 0. The van der Waals surface area contributed by atoms with Gasteiger partial charge in [0.05, 0.1) is 6.42 Å². The van der Waals surface area contributed by atoms with E-state index >= 15 is 0 Å². The van der Waals surface area contributed by atoms with Crippen LogP contribution < -0.4 is 10.6 Å². The molecule has 1 aliphatic heterocycles. The highest BCUT2D eigenvalue weighted by Crippen LogP contribution is 2.10. The molecule has 0 aromatic rings. The molecule has 0 aromatic carbocycles. The Morgan fingerprint density at radius 2 is 2.21 bits per heavy atom. The van der Waals surface area contributed by atoms with Crippen LogP contribution in [0.5, 0.6) is 0 Å². The van der Waals surface area contributed by atoms with Crippen molar-refractivity contribution in [2.24, 2.45) is 0 Å². The summed E-state index contributed by atoms with van der Waals surface area (Å²) in [6.45, 7) is 5.22. The summed E-state index contributed by atoms with van der Waals surface area (Å²) in [6, 6.07) is -0.606. The number of hydrogen-bond donors (Lipinski definition) is 3. The number of carboxylic acids is 1. The van der Waals surface area contributed by atoms with E-state index in [1.807, 2.05) is 13.8 Å². The molecular weight excluding hydrogens is 250 g/mol. The number of amides is 2. The lowest BCUT2D eigenvalue weighted by Gasteiger charge is -2.34. The topological polar surface area (TPSA) is 98.7 Å². The molecule has 7 heteroatoms. The smallest absolute Gasteiger partial charge is 0.305 e. The van der Waals surface area contributed by atoms with Crippen LogP contribution in [0.1, 0.15) is 26.7 Å². The minimum Gasteiger partial charge on any atom is -0.481 e. The summed E-state index contributed by atoms with van der Waals surface area (Å²) in [6.07, 6.45) is -0.0865. The van der Waals surface area contributed by atoms with E-state index in [9.17, 15) is 14.4 Å². The van der Waals surface area contributed by atoms with Gasteiger partial charge in [-0.25, -0.2) is 0 Å². The fourth-order valence-electron chi connectivity index (χ4n) is 1.99. The monoisotopic (exact) mass is 271 g/mol. The fraction of sp³-hybridized carbons (Fsp3) is 0.750. The van der Waals surface area contributed by atoms with Crippen LogP contribution in [0.3, 0.4) is 0 Å². The second kappa shape index (κ2) is 7.08. The zero-order valence-electron chi connectivity index (χ0n) is 11.3. The zero-order valence-corrected chi connectivity index (χ0v) is 11.3. The van der Waals surface area contributed by atoms with Gasteiger partial charge in [-0.05, 0) is 0 Å². The number of nitrogens with one attached hydrogen (secondary N) is 2. The normalized spacial score (nSPS) is 19.4. The van der Waals surface area contributed by atoms with E-state index in [0.717, 1.165) is 0 Å². The molecule has 0 aliphatic carbocycles. The van der Waals surface area contributed by atoms with E-state index in [2.05, 4.69) is 10.6 Å². The molecule has 1 rings (SSSR count). The summed E-state index contributed by atoms with van der Waals surface area (Å²) in [5.74, 6) is -1.66. The summed E-state index contributed by atoms with van der Waals surface area (Å²) < 4.78 is 0. The number of carbonyl (C=O) groups is 3. The lowest BCUT2D eigenvalue weighted by atomic mass is 10.1. The second-order valence-electron chi connectivity index (χ2n) is 4.85. The number of nitrogens with zero attached hydrogens (tertiary/aromatic N) is 1. The first-order valence-electron chi connectivity index (χ1n) is 6.44. The molecule has 3 N–H and O–H groups in total. The van der Waals surface area contributed by atoms with Crippen LogP contribution in [0.2, 0.25) is 0 Å². The van der Waals surface area contributed by atoms with Crippen molar-refractivity contribution < 1.29 is 19.5 Å². The summed E-state index contributed by atoms with van der Waals surface area (Å²) in [4.78, 5) is 35.8. The highest BCUT2D eigenvalue weighted by Gasteiger charge is 2.34. The Labute approximate surface area is 112 Å². The van der Waals surface area contributed by atoms with Gasteiger partial charge in [0.1, 0.15) is 6.04 Å². The average Bonchev–Trinajstić information content (AvgIpc) is 2.30. The predicted molar refractivity (Wildman–Crippen MR) is 68.5 cm³/mol. The Hall–Kier alpha value is -1.63. The maximum atomic E-state index is 12.0. The fourth-order valence-corrected chi connectivity index (χ4v) is 1.99. The third-order valence-electron chi connectivity index (χ3n) is 2.91. The number of hydrogen-bond acceptors (Lipinski definition) is 4. The Kier molecular flexibility index (Phi) is 5.75. The standard InChI is InChI=1S/C12H21N3O4/c1-8(2)13-4-3-10(16)15-6-5-14-12(19)9(15)7-11(17)18/h8-9,13H,3-7H2,1-2H3,(H,14,19)(H,17,18). The number of carbonyl (C=O) groups excluding carboxylic acids is 2. The van der Waals surface area contributed by atoms with E-state index in [0.29, 0.717) is 19.6 Å². The molecule has 1 unspecified atom stereocenters. The molecule has 1 atom stereocenters. The van der Waals surface area contributed by atoms with Crippen molar-refractivity contribution in [3.05, 3.63) is 0 Å². The lowest BCUT2D eigenvalue weighted by molar-refractivity contribution is -0.148. The van der Waals surface area contributed by atoms with Crippen LogP contribution in [0.4, 0.5) is 0 Å². The summed E-state index contributed by atoms with van der Waals surface area (Å²) in [5.41, 5.74) is 0.